The van der Waals surface area contributed by atoms with Crippen molar-refractivity contribution in [3.8, 4) is 0 Å². The van der Waals surface area contributed by atoms with Gasteiger partial charge in [0.2, 0.25) is 0 Å². The minimum Gasteiger partial charge on any atom is -0.391 e. The van der Waals surface area contributed by atoms with Gasteiger partial charge in [0.15, 0.2) is 5.52 Å². The normalized spacial score (nSPS) is 9.47. The highest BCUT2D eigenvalue weighted by Crippen LogP contribution is 2.27. The predicted molar refractivity (Wildman–Crippen MR) is 54.2 cm³/mol. The lowest BCUT2D eigenvalue weighted by atomic mass is 10.2. The monoisotopic (exact) mass is 210 g/mol. The molecule has 0 saturated carbocycles. The zero-order valence-corrected chi connectivity index (χ0v) is 8.30. The maximum absolute atomic E-state index is 10.4. The van der Waals surface area contributed by atoms with E-state index in [1.807, 2.05) is 13.8 Å². The Kier molecular flexibility index (Phi) is 3.17. The van der Waals surface area contributed by atoms with Gasteiger partial charge < -0.3 is 5.73 Å². The van der Waals surface area contributed by atoms with E-state index < -0.39 is 4.92 Å². The van der Waals surface area contributed by atoms with Gasteiger partial charge in [0.05, 0.1) is 4.92 Å². The minimum absolute atomic E-state index is 0.0243. The van der Waals surface area contributed by atoms with Crippen LogP contribution in [0.1, 0.15) is 13.8 Å². The fourth-order valence-electron chi connectivity index (χ4n) is 1.02. The van der Waals surface area contributed by atoms with Crippen molar-refractivity contribution in [2.75, 3.05) is 5.73 Å². The lowest BCUT2D eigenvalue weighted by Crippen LogP contribution is -1.95. The lowest BCUT2D eigenvalue weighted by molar-refractivity contribution is -0.383. The molecule has 0 aliphatic carbocycles. The molecule has 0 spiro atoms. The van der Waals surface area contributed by atoms with Gasteiger partial charge in [0, 0.05) is 6.07 Å². The van der Waals surface area contributed by atoms with Crippen LogP contribution in [0.15, 0.2) is 16.8 Å². The van der Waals surface area contributed by atoms with Crippen LogP contribution >= 0.6 is 0 Å². The van der Waals surface area contributed by atoms with Gasteiger partial charge >= 0.3 is 0 Å². The molecule has 1 aromatic carbocycles. The van der Waals surface area contributed by atoms with Crippen molar-refractivity contribution in [2.24, 2.45) is 0 Å². The van der Waals surface area contributed by atoms with Crippen molar-refractivity contribution in [1.82, 2.24) is 10.3 Å². The molecular weight excluding hydrogens is 200 g/mol. The van der Waals surface area contributed by atoms with E-state index in [2.05, 4.69) is 14.9 Å². The Balaban J connectivity index is 0.000000531. The number of benzene rings is 1. The molecule has 7 heteroatoms. The molecule has 2 rings (SSSR count). The molecule has 0 bridgehead atoms. The Morgan fingerprint density at radius 2 is 2.07 bits per heavy atom. The maximum atomic E-state index is 10.4. The molecule has 0 atom stereocenters. The minimum atomic E-state index is -0.580. The quantitative estimate of drug-likeness (QED) is 0.436. The summed E-state index contributed by atoms with van der Waals surface area (Å²) in [6.45, 7) is 4.00. The molecule has 0 aliphatic heterocycles. The average Bonchev–Trinajstić information content (AvgIpc) is 2.69. The van der Waals surface area contributed by atoms with Crippen LogP contribution in [0.5, 0.6) is 0 Å². The van der Waals surface area contributed by atoms with Crippen LogP contribution in [0.25, 0.3) is 11.0 Å². The first kappa shape index (κ1) is 10.9. The smallest absolute Gasteiger partial charge is 0.294 e. The van der Waals surface area contributed by atoms with Crippen LogP contribution in [0.2, 0.25) is 0 Å². The van der Waals surface area contributed by atoms with Crippen molar-refractivity contribution in [3.05, 3.63) is 22.2 Å². The number of hydrogen-bond acceptors (Lipinski definition) is 6. The van der Waals surface area contributed by atoms with Crippen LogP contribution in [-0.4, -0.2) is 15.2 Å². The third kappa shape index (κ3) is 1.85. The summed E-state index contributed by atoms with van der Waals surface area (Å²) in [5.74, 6) is 0. The Morgan fingerprint density at radius 1 is 1.40 bits per heavy atom. The number of nitrogens with zero attached hydrogens (tertiary/aromatic N) is 3. The number of aromatic nitrogens is 2. The number of nitro groups is 1. The van der Waals surface area contributed by atoms with Crippen molar-refractivity contribution < 1.29 is 9.55 Å². The average molecular weight is 210 g/mol. The summed E-state index contributed by atoms with van der Waals surface area (Å²) < 4.78 is 4.38. The molecule has 80 valence electrons. The largest absolute Gasteiger partial charge is 0.391 e. The fourth-order valence-corrected chi connectivity index (χ4v) is 1.02. The van der Waals surface area contributed by atoms with Crippen molar-refractivity contribution in [2.45, 2.75) is 13.8 Å². The highest BCUT2D eigenvalue weighted by Gasteiger charge is 2.16. The van der Waals surface area contributed by atoms with E-state index >= 15 is 0 Å². The number of fused-ring (bicyclic) bond motifs is 1. The van der Waals surface area contributed by atoms with E-state index in [4.69, 9.17) is 5.73 Å². The first-order valence-electron chi connectivity index (χ1n) is 4.35. The number of hydrogen-bond donors (Lipinski definition) is 1. The van der Waals surface area contributed by atoms with Crippen molar-refractivity contribution >= 4 is 22.4 Å². The van der Waals surface area contributed by atoms with Gasteiger partial charge in [0.25, 0.3) is 5.69 Å². The van der Waals surface area contributed by atoms with Gasteiger partial charge in [-0.05, 0) is 16.4 Å². The van der Waals surface area contributed by atoms with Gasteiger partial charge in [-0.1, -0.05) is 13.8 Å². The Hall–Kier alpha value is -2.18. The number of nitro benzene ring substituents is 1. The van der Waals surface area contributed by atoms with Gasteiger partial charge in [-0.15, -0.1) is 0 Å². The summed E-state index contributed by atoms with van der Waals surface area (Å²) in [7, 11) is 0. The van der Waals surface area contributed by atoms with Crippen LogP contribution in [0.4, 0.5) is 11.4 Å². The lowest BCUT2D eigenvalue weighted by Gasteiger charge is -1.94. The zero-order valence-electron chi connectivity index (χ0n) is 8.30. The molecule has 2 N–H and O–H groups in total. The molecule has 0 radical (unpaired) electrons. The molecule has 15 heavy (non-hydrogen) atoms. The Morgan fingerprint density at radius 3 is 2.67 bits per heavy atom. The van der Waals surface area contributed by atoms with Gasteiger partial charge in [-0.2, -0.15) is 0 Å². The first-order chi connectivity index (χ1) is 7.20. The van der Waals surface area contributed by atoms with Gasteiger partial charge in [0.1, 0.15) is 11.2 Å². The molecule has 7 nitrogen and oxygen atoms in total. The fraction of sp³-hybridized carbons (Fsp3) is 0.250. The number of rotatable bonds is 1. The van der Waals surface area contributed by atoms with Crippen LogP contribution in [-0.2, 0) is 0 Å². The standard InChI is InChI=1S/C6H4N4O3.C2H6/c7-5-4(10(11)12)2-1-3-6(5)9-13-8-3;1-2/h1-2H,7H2;1-2H3. The van der Waals surface area contributed by atoms with E-state index in [-0.39, 0.29) is 16.9 Å². The molecule has 0 aliphatic rings. The van der Waals surface area contributed by atoms with Crippen LogP contribution < -0.4 is 5.73 Å². The third-order valence-electron chi connectivity index (χ3n) is 1.64. The zero-order chi connectivity index (χ0) is 11.4. The summed E-state index contributed by atoms with van der Waals surface area (Å²) in [6, 6.07) is 2.70. The van der Waals surface area contributed by atoms with Gasteiger partial charge in [-0.25, -0.2) is 4.63 Å². The SMILES string of the molecule is CC.Nc1c([N+](=O)[O-])ccc2nonc12. The topological polar surface area (TPSA) is 108 Å². The Labute approximate surface area is 85.0 Å². The highest BCUT2D eigenvalue weighted by molar-refractivity contribution is 5.91. The summed E-state index contributed by atoms with van der Waals surface area (Å²) in [4.78, 5) is 9.85. The molecular formula is C8H10N4O3. The number of anilines is 1. The van der Waals surface area contributed by atoms with E-state index in [0.29, 0.717) is 5.52 Å². The highest BCUT2D eigenvalue weighted by atomic mass is 16.6. The summed E-state index contributed by atoms with van der Waals surface area (Å²) in [5.41, 5.74) is 5.87. The Bertz CT molecular complexity index is 480. The molecule has 0 fully saturated rings. The molecule has 0 saturated heterocycles. The van der Waals surface area contributed by atoms with E-state index in [9.17, 15) is 10.1 Å². The van der Waals surface area contributed by atoms with E-state index in [1.54, 1.807) is 0 Å². The van der Waals surface area contributed by atoms with Crippen molar-refractivity contribution in [1.29, 1.82) is 0 Å². The van der Waals surface area contributed by atoms with Crippen LogP contribution in [0, 0.1) is 10.1 Å². The molecule has 1 heterocycles. The number of nitrogen functional groups attached to an aromatic ring is 1. The second-order valence-corrected chi connectivity index (χ2v) is 2.39. The first-order valence-corrected chi connectivity index (χ1v) is 4.35. The van der Waals surface area contributed by atoms with E-state index in [0.717, 1.165) is 0 Å². The van der Waals surface area contributed by atoms with Gasteiger partial charge in [-0.3, -0.25) is 10.1 Å². The number of nitrogens with two attached hydrogens (primary N) is 1. The molecule has 0 amide bonds. The molecule has 0 unspecified atom stereocenters. The predicted octanol–water partition coefficient (Wildman–Crippen LogP) is 1.74. The molecule has 1 aromatic heterocycles. The van der Waals surface area contributed by atoms with Crippen LogP contribution in [0.3, 0.4) is 0 Å². The second kappa shape index (κ2) is 4.36. The van der Waals surface area contributed by atoms with E-state index in [1.165, 1.54) is 12.1 Å². The third-order valence-corrected chi connectivity index (χ3v) is 1.64. The second-order valence-electron chi connectivity index (χ2n) is 2.39. The summed E-state index contributed by atoms with van der Waals surface area (Å²) >= 11 is 0. The summed E-state index contributed by atoms with van der Waals surface area (Å²) in [5, 5.41) is 17.4. The summed E-state index contributed by atoms with van der Waals surface area (Å²) in [6.07, 6.45) is 0. The van der Waals surface area contributed by atoms with Crippen molar-refractivity contribution in [3.63, 3.8) is 0 Å². The maximum Gasteiger partial charge on any atom is 0.294 e. The molecule has 2 aromatic rings.